The maximum absolute atomic E-state index is 13.2. The van der Waals surface area contributed by atoms with Crippen molar-refractivity contribution in [2.24, 2.45) is 0 Å². The van der Waals surface area contributed by atoms with Crippen molar-refractivity contribution in [3.8, 4) is 0 Å². The van der Waals surface area contributed by atoms with E-state index in [9.17, 15) is 13.6 Å². The first-order valence-corrected chi connectivity index (χ1v) is 7.14. The molecule has 0 bridgehead atoms. The van der Waals surface area contributed by atoms with Gasteiger partial charge in [0.2, 0.25) is 0 Å². The van der Waals surface area contributed by atoms with E-state index in [-0.39, 0.29) is 22.8 Å². The Balaban J connectivity index is 2.08. The molecule has 0 saturated heterocycles. The zero-order valence-corrected chi connectivity index (χ0v) is 11.6. The van der Waals surface area contributed by atoms with Gasteiger partial charge in [0.25, 0.3) is 0 Å². The lowest BCUT2D eigenvalue weighted by atomic mass is 9.65. The Morgan fingerprint density at radius 2 is 1.10 bits per heavy atom. The number of ketones is 1. The number of Topliss-reactive ketones (excluding diaryl/α,β-unsaturated/α-hetero) is 1. The predicted molar refractivity (Wildman–Crippen MR) is 77.1 cm³/mol. The third kappa shape index (κ3) is 2.60. The number of halogens is 2. The van der Waals surface area contributed by atoms with E-state index in [1.165, 1.54) is 24.3 Å². The van der Waals surface area contributed by atoms with Crippen LogP contribution in [0.2, 0.25) is 0 Å². The molecule has 0 aromatic heterocycles. The van der Waals surface area contributed by atoms with Gasteiger partial charge in [-0.2, -0.15) is 0 Å². The average molecular weight is 286 g/mol. The molecule has 21 heavy (non-hydrogen) atoms. The van der Waals surface area contributed by atoms with Crippen LogP contribution in [0, 0.1) is 11.6 Å². The lowest BCUT2D eigenvalue weighted by molar-refractivity contribution is -0.121. The maximum atomic E-state index is 13.2. The van der Waals surface area contributed by atoms with Crippen LogP contribution in [-0.4, -0.2) is 5.78 Å². The molecule has 2 aromatic carbocycles. The second-order valence-corrected chi connectivity index (χ2v) is 5.63. The summed E-state index contributed by atoms with van der Waals surface area (Å²) >= 11 is 0. The number of carbonyl (C=O) groups is 1. The highest BCUT2D eigenvalue weighted by molar-refractivity contribution is 5.80. The number of rotatable bonds is 2. The Morgan fingerprint density at radius 3 is 1.48 bits per heavy atom. The van der Waals surface area contributed by atoms with E-state index in [0.717, 1.165) is 11.1 Å². The third-order valence-corrected chi connectivity index (χ3v) is 4.45. The monoisotopic (exact) mass is 286 g/mol. The maximum Gasteiger partial charge on any atom is 0.133 e. The van der Waals surface area contributed by atoms with Gasteiger partial charge < -0.3 is 0 Å². The molecule has 1 saturated carbocycles. The van der Waals surface area contributed by atoms with Gasteiger partial charge in [0, 0.05) is 18.3 Å². The molecule has 0 atom stereocenters. The van der Waals surface area contributed by atoms with Crippen molar-refractivity contribution in [3.05, 3.63) is 71.3 Å². The number of carbonyl (C=O) groups excluding carboxylic acids is 1. The highest BCUT2D eigenvalue weighted by Crippen LogP contribution is 2.44. The van der Waals surface area contributed by atoms with E-state index in [0.29, 0.717) is 25.7 Å². The van der Waals surface area contributed by atoms with E-state index < -0.39 is 0 Å². The summed E-state index contributed by atoms with van der Waals surface area (Å²) in [7, 11) is 0. The van der Waals surface area contributed by atoms with Crippen molar-refractivity contribution >= 4 is 5.78 Å². The topological polar surface area (TPSA) is 17.1 Å². The fourth-order valence-corrected chi connectivity index (χ4v) is 3.24. The van der Waals surface area contributed by atoms with Gasteiger partial charge in [-0.3, -0.25) is 4.79 Å². The van der Waals surface area contributed by atoms with Gasteiger partial charge in [-0.25, -0.2) is 8.78 Å². The Labute approximate surface area is 122 Å². The van der Waals surface area contributed by atoms with Crippen LogP contribution in [0.4, 0.5) is 8.78 Å². The average Bonchev–Trinajstić information content (AvgIpc) is 2.50. The molecule has 0 N–H and O–H groups in total. The van der Waals surface area contributed by atoms with E-state index in [1.807, 2.05) is 0 Å². The number of hydrogen-bond donors (Lipinski definition) is 0. The summed E-state index contributed by atoms with van der Waals surface area (Å²) in [6.07, 6.45) is 2.38. The normalized spacial score (nSPS) is 17.7. The van der Waals surface area contributed by atoms with Crippen LogP contribution in [0.1, 0.15) is 36.8 Å². The summed E-state index contributed by atoms with van der Waals surface area (Å²) in [6, 6.07) is 12.9. The molecule has 3 heteroatoms. The van der Waals surface area contributed by atoms with E-state index in [2.05, 4.69) is 0 Å². The lowest BCUT2D eigenvalue weighted by Crippen LogP contribution is -2.33. The predicted octanol–water partition coefficient (Wildman–Crippen LogP) is 4.39. The zero-order chi connectivity index (χ0) is 14.9. The van der Waals surface area contributed by atoms with Gasteiger partial charge in [0.15, 0.2) is 0 Å². The van der Waals surface area contributed by atoms with Crippen molar-refractivity contribution < 1.29 is 13.6 Å². The van der Waals surface area contributed by atoms with Crippen molar-refractivity contribution in [3.63, 3.8) is 0 Å². The molecular formula is C18H16F2O. The Morgan fingerprint density at radius 1 is 0.714 bits per heavy atom. The molecule has 0 spiro atoms. The fraction of sp³-hybridized carbons (Fsp3) is 0.278. The second kappa shape index (κ2) is 5.40. The Hall–Kier alpha value is -2.03. The summed E-state index contributed by atoms with van der Waals surface area (Å²) in [5, 5.41) is 0. The van der Waals surface area contributed by atoms with Crippen LogP contribution in [0.3, 0.4) is 0 Å². The van der Waals surface area contributed by atoms with Gasteiger partial charge in [-0.1, -0.05) is 24.3 Å². The summed E-state index contributed by atoms with van der Waals surface area (Å²) in [4.78, 5) is 11.6. The molecule has 108 valence electrons. The summed E-state index contributed by atoms with van der Waals surface area (Å²) in [5.74, 6) is -0.297. The fourth-order valence-electron chi connectivity index (χ4n) is 3.24. The standard InChI is InChI=1S/C18H16F2O/c19-15-5-1-13(2-6-15)18(11-9-17(21)10-12-18)14-3-7-16(20)8-4-14/h1-8H,9-12H2. The first-order chi connectivity index (χ1) is 10.1. The minimum Gasteiger partial charge on any atom is -0.300 e. The molecule has 1 nitrogen and oxygen atoms in total. The first kappa shape index (κ1) is 13.9. The smallest absolute Gasteiger partial charge is 0.133 e. The van der Waals surface area contributed by atoms with Crippen molar-refractivity contribution in [1.29, 1.82) is 0 Å². The summed E-state index contributed by atoms with van der Waals surface area (Å²) in [5.41, 5.74) is 1.65. The summed E-state index contributed by atoms with van der Waals surface area (Å²) < 4.78 is 26.4. The van der Waals surface area contributed by atoms with E-state index in [1.54, 1.807) is 24.3 Å². The van der Waals surface area contributed by atoms with Crippen LogP contribution < -0.4 is 0 Å². The van der Waals surface area contributed by atoms with Crippen LogP contribution >= 0.6 is 0 Å². The first-order valence-electron chi connectivity index (χ1n) is 7.14. The van der Waals surface area contributed by atoms with Gasteiger partial charge in [0.05, 0.1) is 0 Å². The SMILES string of the molecule is O=C1CCC(c2ccc(F)cc2)(c2ccc(F)cc2)CC1. The zero-order valence-electron chi connectivity index (χ0n) is 11.6. The minimum atomic E-state index is -0.324. The van der Waals surface area contributed by atoms with E-state index in [4.69, 9.17) is 0 Å². The second-order valence-electron chi connectivity index (χ2n) is 5.63. The third-order valence-electron chi connectivity index (χ3n) is 4.45. The van der Waals surface area contributed by atoms with Crippen LogP contribution in [0.5, 0.6) is 0 Å². The van der Waals surface area contributed by atoms with Gasteiger partial charge >= 0.3 is 0 Å². The molecule has 0 aliphatic heterocycles. The largest absolute Gasteiger partial charge is 0.300 e. The highest BCUT2D eigenvalue weighted by Gasteiger charge is 2.37. The number of benzene rings is 2. The molecule has 3 rings (SSSR count). The molecular weight excluding hydrogens is 270 g/mol. The van der Waals surface area contributed by atoms with Gasteiger partial charge in [-0.05, 0) is 48.2 Å². The lowest BCUT2D eigenvalue weighted by Gasteiger charge is -2.38. The quantitative estimate of drug-likeness (QED) is 0.800. The van der Waals surface area contributed by atoms with Crippen molar-refractivity contribution in [1.82, 2.24) is 0 Å². The van der Waals surface area contributed by atoms with Crippen LogP contribution in [0.15, 0.2) is 48.5 Å². The summed E-state index contributed by atoms with van der Waals surface area (Å²) in [6.45, 7) is 0. The molecule has 1 aliphatic carbocycles. The van der Waals surface area contributed by atoms with Crippen LogP contribution in [0.25, 0.3) is 0 Å². The Kier molecular flexibility index (Phi) is 3.58. The van der Waals surface area contributed by atoms with Crippen LogP contribution in [-0.2, 0) is 10.2 Å². The molecule has 2 aromatic rings. The Bertz CT molecular complexity index is 586. The number of hydrogen-bond acceptors (Lipinski definition) is 1. The molecule has 0 amide bonds. The molecule has 1 fully saturated rings. The molecule has 1 aliphatic rings. The van der Waals surface area contributed by atoms with Gasteiger partial charge in [-0.15, -0.1) is 0 Å². The van der Waals surface area contributed by atoms with Gasteiger partial charge in [0.1, 0.15) is 17.4 Å². The highest BCUT2D eigenvalue weighted by atomic mass is 19.1. The van der Waals surface area contributed by atoms with Crippen molar-refractivity contribution in [2.45, 2.75) is 31.1 Å². The molecule has 0 unspecified atom stereocenters. The molecule has 0 radical (unpaired) electrons. The molecule has 0 heterocycles. The van der Waals surface area contributed by atoms with Crippen molar-refractivity contribution in [2.75, 3.05) is 0 Å². The minimum absolute atomic E-state index is 0.259. The van der Waals surface area contributed by atoms with E-state index >= 15 is 0 Å².